The van der Waals surface area contributed by atoms with Crippen LogP contribution in [0.4, 0.5) is 0 Å². The lowest BCUT2D eigenvalue weighted by Crippen LogP contribution is -1.94. The van der Waals surface area contributed by atoms with Crippen LogP contribution < -0.4 is 0 Å². The van der Waals surface area contributed by atoms with E-state index < -0.39 is 0 Å². The predicted octanol–water partition coefficient (Wildman–Crippen LogP) is 5.68. The second-order valence-electron chi connectivity index (χ2n) is 5.61. The molecule has 3 aliphatic rings. The van der Waals surface area contributed by atoms with E-state index in [4.69, 9.17) is 0 Å². The molecule has 0 aliphatic heterocycles. The zero-order valence-corrected chi connectivity index (χ0v) is 12.5. The zero-order chi connectivity index (χ0) is 13.8. The Labute approximate surface area is 117 Å². The molecular weight excluding hydrogens is 228 g/mol. The highest BCUT2D eigenvalue weighted by molar-refractivity contribution is 5.53. The lowest BCUT2D eigenvalue weighted by atomic mass is 9.95. The first kappa shape index (κ1) is 13.9. The van der Waals surface area contributed by atoms with Gasteiger partial charge in [0.15, 0.2) is 0 Å². The SMILES string of the molecule is CC1=C(C)CC=C1.CC1=C(C2=CCC=C2)C(C)C=C1. The van der Waals surface area contributed by atoms with Gasteiger partial charge in [-0.3, -0.25) is 0 Å². The summed E-state index contributed by atoms with van der Waals surface area (Å²) < 4.78 is 0. The van der Waals surface area contributed by atoms with E-state index in [1.54, 1.807) is 0 Å². The normalized spacial score (nSPS) is 24.2. The molecule has 0 N–H and O–H groups in total. The largest absolute Gasteiger partial charge is 0.0802 e. The van der Waals surface area contributed by atoms with Crippen molar-refractivity contribution in [1.29, 1.82) is 0 Å². The molecule has 0 aromatic heterocycles. The molecule has 0 radical (unpaired) electrons. The number of allylic oxidation sites excluding steroid dienone is 12. The van der Waals surface area contributed by atoms with Crippen molar-refractivity contribution in [1.82, 2.24) is 0 Å². The maximum Gasteiger partial charge on any atom is 0.000122 e. The summed E-state index contributed by atoms with van der Waals surface area (Å²) in [6, 6.07) is 0. The molecule has 1 unspecified atom stereocenters. The summed E-state index contributed by atoms with van der Waals surface area (Å²) in [5.41, 5.74) is 7.34. The maximum absolute atomic E-state index is 2.31. The van der Waals surface area contributed by atoms with E-state index in [2.05, 4.69) is 70.2 Å². The molecule has 100 valence electrons. The van der Waals surface area contributed by atoms with Gasteiger partial charge in [0.25, 0.3) is 0 Å². The number of rotatable bonds is 1. The van der Waals surface area contributed by atoms with Crippen LogP contribution in [0.2, 0.25) is 0 Å². The highest BCUT2D eigenvalue weighted by Gasteiger charge is 2.16. The number of hydrogen-bond acceptors (Lipinski definition) is 0. The van der Waals surface area contributed by atoms with Crippen LogP contribution in [0.15, 0.2) is 70.4 Å². The Bertz CT molecular complexity index is 528. The average molecular weight is 252 g/mol. The minimum absolute atomic E-state index is 0.610. The third-order valence-corrected chi connectivity index (χ3v) is 4.06. The summed E-state index contributed by atoms with van der Waals surface area (Å²) in [5.74, 6) is 0.610. The Morgan fingerprint density at radius 2 is 1.74 bits per heavy atom. The molecule has 0 saturated heterocycles. The molecule has 3 aliphatic carbocycles. The van der Waals surface area contributed by atoms with Gasteiger partial charge < -0.3 is 0 Å². The topological polar surface area (TPSA) is 0 Å². The predicted molar refractivity (Wildman–Crippen MR) is 85.0 cm³/mol. The highest BCUT2D eigenvalue weighted by atomic mass is 14.2. The van der Waals surface area contributed by atoms with Crippen molar-refractivity contribution in [3.05, 3.63) is 70.4 Å². The van der Waals surface area contributed by atoms with Crippen molar-refractivity contribution in [2.45, 2.75) is 40.5 Å². The quantitative estimate of drug-likeness (QED) is 0.563. The Hall–Kier alpha value is -1.56. The fourth-order valence-corrected chi connectivity index (χ4v) is 2.70. The fourth-order valence-electron chi connectivity index (χ4n) is 2.70. The fraction of sp³-hybridized carbons (Fsp3) is 0.368. The van der Waals surface area contributed by atoms with E-state index in [-0.39, 0.29) is 0 Å². The average Bonchev–Trinajstić information content (AvgIpc) is 3.07. The molecule has 0 bridgehead atoms. The van der Waals surface area contributed by atoms with Gasteiger partial charge in [-0.2, -0.15) is 0 Å². The molecule has 0 heterocycles. The van der Waals surface area contributed by atoms with Crippen molar-refractivity contribution in [3.63, 3.8) is 0 Å². The molecule has 0 aromatic carbocycles. The number of hydrogen-bond donors (Lipinski definition) is 0. The molecule has 0 amide bonds. The van der Waals surface area contributed by atoms with Crippen molar-refractivity contribution in [2.75, 3.05) is 0 Å². The third kappa shape index (κ3) is 3.26. The van der Waals surface area contributed by atoms with Crippen LogP contribution in [-0.4, -0.2) is 0 Å². The van der Waals surface area contributed by atoms with Gasteiger partial charge in [-0.05, 0) is 50.3 Å². The van der Waals surface area contributed by atoms with Crippen LogP contribution in [0.1, 0.15) is 40.5 Å². The Kier molecular flexibility index (Phi) is 4.42. The molecule has 0 fully saturated rings. The van der Waals surface area contributed by atoms with Crippen LogP contribution >= 0.6 is 0 Å². The lowest BCUT2D eigenvalue weighted by molar-refractivity contribution is 0.893. The van der Waals surface area contributed by atoms with Crippen LogP contribution in [-0.2, 0) is 0 Å². The summed E-state index contributed by atoms with van der Waals surface area (Å²) >= 11 is 0. The Morgan fingerprint density at radius 1 is 0.947 bits per heavy atom. The molecule has 1 atom stereocenters. The van der Waals surface area contributed by atoms with E-state index in [0.29, 0.717) is 5.92 Å². The lowest BCUT2D eigenvalue weighted by Gasteiger charge is -2.09. The zero-order valence-electron chi connectivity index (χ0n) is 12.5. The second kappa shape index (κ2) is 6.06. The first-order chi connectivity index (χ1) is 9.09. The van der Waals surface area contributed by atoms with Gasteiger partial charge in [-0.15, -0.1) is 0 Å². The van der Waals surface area contributed by atoms with Crippen LogP contribution in [0, 0.1) is 5.92 Å². The van der Waals surface area contributed by atoms with Gasteiger partial charge in [-0.1, -0.05) is 60.6 Å². The molecule has 0 saturated carbocycles. The van der Waals surface area contributed by atoms with Crippen molar-refractivity contribution in [3.8, 4) is 0 Å². The first-order valence-electron chi connectivity index (χ1n) is 7.18. The standard InChI is InChI=1S/C12H14.C7H10/c1-9-7-8-10(2)12(9)11-5-3-4-6-11;1-6-4-3-5-7(6)2/h3,5-9H,4H2,1-2H3;3-4H,5H2,1-2H3. The van der Waals surface area contributed by atoms with E-state index >= 15 is 0 Å². The monoisotopic (exact) mass is 252 g/mol. The smallest absolute Gasteiger partial charge is 0.000122 e. The van der Waals surface area contributed by atoms with Gasteiger partial charge in [0.1, 0.15) is 0 Å². The van der Waals surface area contributed by atoms with Gasteiger partial charge in [0, 0.05) is 5.92 Å². The van der Waals surface area contributed by atoms with Gasteiger partial charge in [-0.25, -0.2) is 0 Å². The molecule has 0 aromatic rings. The Morgan fingerprint density at radius 3 is 2.11 bits per heavy atom. The third-order valence-electron chi connectivity index (χ3n) is 4.06. The van der Waals surface area contributed by atoms with Gasteiger partial charge in [0.05, 0.1) is 0 Å². The molecule has 19 heavy (non-hydrogen) atoms. The minimum Gasteiger partial charge on any atom is -0.0802 e. The highest BCUT2D eigenvalue weighted by Crippen LogP contribution is 2.33. The van der Waals surface area contributed by atoms with E-state index in [0.717, 1.165) is 6.42 Å². The molecular formula is C19H24. The van der Waals surface area contributed by atoms with Crippen LogP contribution in [0.3, 0.4) is 0 Å². The molecule has 0 spiro atoms. The van der Waals surface area contributed by atoms with Gasteiger partial charge in [0.2, 0.25) is 0 Å². The first-order valence-corrected chi connectivity index (χ1v) is 7.18. The molecule has 3 rings (SSSR count). The second-order valence-corrected chi connectivity index (χ2v) is 5.61. The summed E-state index contributed by atoms with van der Waals surface area (Å²) in [4.78, 5) is 0. The summed E-state index contributed by atoms with van der Waals surface area (Å²) in [7, 11) is 0. The summed E-state index contributed by atoms with van der Waals surface area (Å²) in [5, 5.41) is 0. The molecule has 0 nitrogen and oxygen atoms in total. The maximum atomic E-state index is 2.31. The Balaban J connectivity index is 0.000000163. The van der Waals surface area contributed by atoms with E-state index in [1.807, 2.05) is 0 Å². The van der Waals surface area contributed by atoms with Crippen molar-refractivity contribution >= 4 is 0 Å². The van der Waals surface area contributed by atoms with Gasteiger partial charge >= 0.3 is 0 Å². The van der Waals surface area contributed by atoms with E-state index in [1.165, 1.54) is 34.3 Å². The summed E-state index contributed by atoms with van der Waals surface area (Å²) in [6.07, 6.45) is 17.9. The summed E-state index contributed by atoms with van der Waals surface area (Å²) in [6.45, 7) is 8.78. The molecule has 0 heteroatoms. The van der Waals surface area contributed by atoms with Crippen molar-refractivity contribution < 1.29 is 0 Å². The minimum atomic E-state index is 0.610. The van der Waals surface area contributed by atoms with E-state index in [9.17, 15) is 0 Å². The van der Waals surface area contributed by atoms with Crippen LogP contribution in [0.5, 0.6) is 0 Å². The van der Waals surface area contributed by atoms with Crippen molar-refractivity contribution in [2.24, 2.45) is 5.92 Å². The van der Waals surface area contributed by atoms with Crippen LogP contribution in [0.25, 0.3) is 0 Å².